The number of anilines is 2. The molecule has 0 spiro atoms. The minimum atomic E-state index is -0.251. The van der Waals surface area contributed by atoms with Crippen LogP contribution in [0.15, 0.2) is 71.6 Å². The molecule has 172 valence electrons. The van der Waals surface area contributed by atoms with Crippen molar-refractivity contribution < 1.29 is 14.3 Å². The van der Waals surface area contributed by atoms with Crippen molar-refractivity contribution in [1.29, 1.82) is 0 Å². The molecule has 5 nitrogen and oxygen atoms in total. The van der Waals surface area contributed by atoms with E-state index in [1.807, 2.05) is 44.2 Å². The van der Waals surface area contributed by atoms with Crippen LogP contribution in [0, 0.1) is 13.8 Å². The summed E-state index contributed by atoms with van der Waals surface area (Å²) in [6.45, 7) is 3.83. The molecule has 8 heteroatoms. The van der Waals surface area contributed by atoms with Crippen molar-refractivity contribution in [3.8, 4) is 5.75 Å². The van der Waals surface area contributed by atoms with Crippen LogP contribution in [0.4, 0.5) is 11.4 Å². The van der Waals surface area contributed by atoms with Gasteiger partial charge in [-0.2, -0.15) is 0 Å². The van der Waals surface area contributed by atoms with E-state index in [0.29, 0.717) is 25.7 Å². The second-order valence-electron chi connectivity index (χ2n) is 7.78. The molecule has 0 saturated carbocycles. The number of carbonyl (C=O) groups excluding carboxylic acids is 2. The van der Waals surface area contributed by atoms with Crippen molar-refractivity contribution in [3.63, 3.8) is 0 Å². The average Bonchev–Trinajstić information content (AvgIpc) is 3.05. The molecule has 0 atom stereocenters. The summed E-state index contributed by atoms with van der Waals surface area (Å²) in [5, 5.41) is 3.44. The summed E-state index contributed by atoms with van der Waals surface area (Å²) in [6, 6.07) is 20.0. The number of carbonyl (C=O) groups is 2. The highest BCUT2D eigenvalue weighted by molar-refractivity contribution is 8.27. The first-order valence-electron chi connectivity index (χ1n) is 10.4. The Hall–Kier alpha value is -3.13. The number of ether oxygens (including phenoxy) is 1. The smallest absolute Gasteiger partial charge is 0.270 e. The van der Waals surface area contributed by atoms with Crippen molar-refractivity contribution in [2.45, 2.75) is 13.8 Å². The highest BCUT2D eigenvalue weighted by Gasteiger charge is 2.33. The van der Waals surface area contributed by atoms with Crippen molar-refractivity contribution in [1.82, 2.24) is 0 Å². The van der Waals surface area contributed by atoms with Crippen LogP contribution in [0.25, 0.3) is 6.08 Å². The van der Waals surface area contributed by atoms with E-state index in [9.17, 15) is 9.59 Å². The van der Waals surface area contributed by atoms with Gasteiger partial charge in [-0.1, -0.05) is 53.8 Å². The number of rotatable bonds is 6. The maximum absolute atomic E-state index is 13.0. The van der Waals surface area contributed by atoms with Crippen LogP contribution in [0.1, 0.15) is 16.7 Å². The van der Waals surface area contributed by atoms with Crippen molar-refractivity contribution >= 4 is 69.2 Å². The highest BCUT2D eigenvalue weighted by atomic mass is 35.5. The van der Waals surface area contributed by atoms with E-state index in [1.54, 1.807) is 42.5 Å². The Morgan fingerprint density at radius 1 is 1.09 bits per heavy atom. The normalized spacial score (nSPS) is 14.6. The number of thioether (sulfide) groups is 1. The van der Waals surface area contributed by atoms with Gasteiger partial charge in [-0.25, -0.2) is 0 Å². The van der Waals surface area contributed by atoms with E-state index in [-0.39, 0.29) is 18.4 Å². The van der Waals surface area contributed by atoms with Crippen molar-refractivity contribution in [3.05, 3.63) is 93.3 Å². The number of thiocarbonyl (C=S) groups is 1. The summed E-state index contributed by atoms with van der Waals surface area (Å²) < 4.78 is 6.13. The zero-order chi connectivity index (χ0) is 24.2. The first kappa shape index (κ1) is 24.0. The molecule has 3 aromatic carbocycles. The fourth-order valence-electron chi connectivity index (χ4n) is 3.52. The first-order chi connectivity index (χ1) is 16.3. The third-order valence-electron chi connectivity index (χ3n) is 4.91. The van der Waals surface area contributed by atoms with Gasteiger partial charge in [0.1, 0.15) is 5.75 Å². The molecule has 1 saturated heterocycles. The lowest BCUT2D eigenvalue weighted by Gasteiger charge is -2.14. The molecule has 1 aliphatic heterocycles. The summed E-state index contributed by atoms with van der Waals surface area (Å²) in [6.07, 6.45) is 1.76. The van der Waals surface area contributed by atoms with Crippen LogP contribution in [0.3, 0.4) is 0 Å². The second kappa shape index (κ2) is 10.4. The van der Waals surface area contributed by atoms with Gasteiger partial charge in [0.2, 0.25) is 0 Å². The quantitative estimate of drug-likeness (QED) is 0.309. The molecule has 4 rings (SSSR count). The topological polar surface area (TPSA) is 58.6 Å². The van der Waals surface area contributed by atoms with Gasteiger partial charge in [-0.05, 0) is 85.1 Å². The third kappa shape index (κ3) is 5.86. The number of hydrogen-bond acceptors (Lipinski definition) is 5. The molecular weight excluding hydrogens is 488 g/mol. The summed E-state index contributed by atoms with van der Waals surface area (Å²) in [5.41, 5.74) is 4.32. The number of aryl methyl sites for hydroxylation is 2. The standard InChI is InChI=1S/C26H21ClN2O3S2/c1-16-10-17(2)12-20(11-16)28-24(30)15-32-22-5-3-4-18(13-22)14-23-25(31)29(26(33)34-23)21-8-6-19(27)7-9-21/h3-14H,15H2,1-2H3,(H,28,30)/b23-14-. The van der Waals surface area contributed by atoms with E-state index in [0.717, 1.165) is 22.4 Å². The Bertz CT molecular complexity index is 1290. The van der Waals surface area contributed by atoms with E-state index in [4.69, 9.17) is 28.6 Å². The SMILES string of the molecule is Cc1cc(C)cc(NC(=O)COc2cccc(/C=C3\SC(=S)N(c4ccc(Cl)cc4)C3=O)c2)c1. The Morgan fingerprint density at radius 3 is 2.50 bits per heavy atom. The predicted octanol–water partition coefficient (Wildman–Crippen LogP) is 6.38. The second-order valence-corrected chi connectivity index (χ2v) is 9.89. The van der Waals surface area contributed by atoms with Crippen LogP contribution < -0.4 is 15.0 Å². The lowest BCUT2D eigenvalue weighted by molar-refractivity contribution is -0.118. The summed E-state index contributed by atoms with van der Waals surface area (Å²) >= 11 is 12.6. The highest BCUT2D eigenvalue weighted by Crippen LogP contribution is 2.36. The maximum Gasteiger partial charge on any atom is 0.270 e. The Balaban J connectivity index is 1.42. The fourth-order valence-corrected chi connectivity index (χ4v) is 4.94. The van der Waals surface area contributed by atoms with Crippen LogP contribution >= 0.6 is 35.6 Å². The van der Waals surface area contributed by atoms with E-state index in [2.05, 4.69) is 5.32 Å². The zero-order valence-corrected chi connectivity index (χ0v) is 20.9. The number of benzene rings is 3. The zero-order valence-electron chi connectivity index (χ0n) is 18.5. The molecule has 0 aliphatic carbocycles. The van der Waals surface area contributed by atoms with Crippen LogP contribution in [0.2, 0.25) is 5.02 Å². The molecular formula is C26H21ClN2O3S2. The molecule has 34 heavy (non-hydrogen) atoms. The Kier molecular flexibility index (Phi) is 7.36. The molecule has 1 aliphatic rings. The number of amides is 2. The Morgan fingerprint density at radius 2 is 1.79 bits per heavy atom. The predicted molar refractivity (Wildman–Crippen MR) is 144 cm³/mol. The van der Waals surface area contributed by atoms with Gasteiger partial charge in [-0.3, -0.25) is 14.5 Å². The summed E-state index contributed by atoms with van der Waals surface area (Å²) in [7, 11) is 0. The van der Waals surface area contributed by atoms with E-state index in [1.165, 1.54) is 16.7 Å². The average molecular weight is 509 g/mol. The number of nitrogens with one attached hydrogen (secondary N) is 1. The van der Waals surface area contributed by atoms with Crippen LogP contribution in [-0.4, -0.2) is 22.7 Å². The molecule has 0 unspecified atom stereocenters. The molecule has 0 aromatic heterocycles. The van der Waals surface area contributed by atoms with Gasteiger partial charge in [0.15, 0.2) is 10.9 Å². The molecule has 0 bridgehead atoms. The van der Waals surface area contributed by atoms with Gasteiger partial charge in [0, 0.05) is 10.7 Å². The van der Waals surface area contributed by atoms with Gasteiger partial charge < -0.3 is 10.1 Å². The number of halogens is 1. The first-order valence-corrected chi connectivity index (χ1v) is 12.0. The summed E-state index contributed by atoms with van der Waals surface area (Å²) in [5.74, 6) is 0.0770. The van der Waals surface area contributed by atoms with Crippen LogP contribution in [0.5, 0.6) is 5.75 Å². The maximum atomic E-state index is 13.0. The molecule has 1 fully saturated rings. The minimum absolute atomic E-state index is 0.130. The molecule has 2 amide bonds. The van der Waals surface area contributed by atoms with Crippen LogP contribution in [-0.2, 0) is 9.59 Å². The van der Waals surface area contributed by atoms with Gasteiger partial charge >= 0.3 is 0 Å². The third-order valence-corrected chi connectivity index (χ3v) is 6.46. The van der Waals surface area contributed by atoms with Crippen molar-refractivity contribution in [2.24, 2.45) is 0 Å². The lowest BCUT2D eigenvalue weighted by Crippen LogP contribution is -2.27. The lowest BCUT2D eigenvalue weighted by atomic mass is 10.1. The van der Waals surface area contributed by atoms with Gasteiger partial charge in [0.05, 0.1) is 10.6 Å². The minimum Gasteiger partial charge on any atom is -0.484 e. The molecule has 3 aromatic rings. The number of hydrogen-bond donors (Lipinski definition) is 1. The van der Waals surface area contributed by atoms with E-state index >= 15 is 0 Å². The van der Waals surface area contributed by atoms with E-state index < -0.39 is 0 Å². The number of nitrogens with zero attached hydrogens (tertiary/aromatic N) is 1. The molecule has 0 radical (unpaired) electrons. The van der Waals surface area contributed by atoms with Gasteiger partial charge in [-0.15, -0.1) is 0 Å². The largest absolute Gasteiger partial charge is 0.484 e. The molecule has 1 N–H and O–H groups in total. The summed E-state index contributed by atoms with van der Waals surface area (Å²) in [4.78, 5) is 27.3. The van der Waals surface area contributed by atoms with Gasteiger partial charge in [0.25, 0.3) is 11.8 Å². The fraction of sp³-hybridized carbons (Fsp3) is 0.115. The Labute approximate surface area is 212 Å². The monoisotopic (exact) mass is 508 g/mol. The molecule has 1 heterocycles. The van der Waals surface area contributed by atoms with Crippen molar-refractivity contribution in [2.75, 3.05) is 16.8 Å².